The van der Waals surface area contributed by atoms with E-state index in [2.05, 4.69) is 24.0 Å². The van der Waals surface area contributed by atoms with E-state index < -0.39 is 0 Å². The van der Waals surface area contributed by atoms with Crippen molar-refractivity contribution in [3.63, 3.8) is 0 Å². The van der Waals surface area contributed by atoms with Crippen LogP contribution >= 0.6 is 11.3 Å². The van der Waals surface area contributed by atoms with E-state index in [9.17, 15) is 4.79 Å². The van der Waals surface area contributed by atoms with E-state index in [1.54, 1.807) is 17.2 Å². The maximum atomic E-state index is 12.5. The van der Waals surface area contributed by atoms with Gasteiger partial charge in [-0.1, -0.05) is 13.8 Å². The van der Waals surface area contributed by atoms with Gasteiger partial charge in [-0.15, -0.1) is 16.4 Å². The third kappa shape index (κ3) is 2.40. The number of nitrogens with two attached hydrogens (primary N) is 1. The fraction of sp³-hybridized carbons (Fsp3) is 0.462. The molecule has 1 amide bonds. The Morgan fingerprint density at radius 3 is 2.68 bits per heavy atom. The van der Waals surface area contributed by atoms with E-state index in [0.29, 0.717) is 21.3 Å². The van der Waals surface area contributed by atoms with Gasteiger partial charge in [-0.3, -0.25) is 4.79 Å². The van der Waals surface area contributed by atoms with E-state index in [-0.39, 0.29) is 11.9 Å². The highest BCUT2D eigenvalue weighted by Gasteiger charge is 2.24. The number of anilines is 1. The average molecular weight is 278 g/mol. The van der Waals surface area contributed by atoms with Gasteiger partial charge in [0.15, 0.2) is 0 Å². The van der Waals surface area contributed by atoms with Crippen LogP contribution < -0.4 is 5.73 Å². The molecule has 2 aromatic heterocycles. The Balaban J connectivity index is 2.39. The van der Waals surface area contributed by atoms with Crippen LogP contribution in [-0.4, -0.2) is 34.1 Å². The van der Waals surface area contributed by atoms with Crippen LogP contribution in [0, 0.1) is 5.92 Å². The van der Waals surface area contributed by atoms with Crippen molar-refractivity contribution in [2.24, 2.45) is 5.92 Å². The molecule has 1 unspecified atom stereocenters. The second-order valence-corrected chi connectivity index (χ2v) is 5.99. The number of carbonyl (C=O) groups excluding carboxylic acids is 1. The Morgan fingerprint density at radius 2 is 2.11 bits per heavy atom. The first-order valence-electron chi connectivity index (χ1n) is 6.20. The molecule has 2 N–H and O–H groups in total. The highest BCUT2D eigenvalue weighted by atomic mass is 32.1. The maximum Gasteiger partial charge on any atom is 0.266 e. The number of hydrogen-bond acceptors (Lipinski definition) is 5. The molecule has 2 rings (SSSR count). The zero-order valence-electron chi connectivity index (χ0n) is 11.5. The topological polar surface area (TPSA) is 72.1 Å². The van der Waals surface area contributed by atoms with Gasteiger partial charge in [0.1, 0.15) is 9.71 Å². The van der Waals surface area contributed by atoms with Gasteiger partial charge >= 0.3 is 0 Å². The number of amides is 1. The minimum absolute atomic E-state index is 0.0540. The molecule has 5 nitrogen and oxygen atoms in total. The van der Waals surface area contributed by atoms with E-state index in [4.69, 9.17) is 5.73 Å². The van der Waals surface area contributed by atoms with Crippen LogP contribution in [0.1, 0.15) is 30.4 Å². The van der Waals surface area contributed by atoms with Crippen LogP contribution in [0.2, 0.25) is 0 Å². The Morgan fingerprint density at radius 1 is 1.42 bits per heavy atom. The van der Waals surface area contributed by atoms with Gasteiger partial charge in [-0.25, -0.2) is 0 Å². The Labute approximate surface area is 116 Å². The molecule has 0 saturated carbocycles. The van der Waals surface area contributed by atoms with Crippen molar-refractivity contribution >= 4 is 33.1 Å². The smallest absolute Gasteiger partial charge is 0.266 e. The summed E-state index contributed by atoms with van der Waals surface area (Å²) in [4.78, 5) is 15.5. The molecule has 0 aliphatic heterocycles. The molecule has 0 bridgehead atoms. The molecule has 102 valence electrons. The largest absolute Gasteiger partial charge is 0.397 e. The summed E-state index contributed by atoms with van der Waals surface area (Å²) in [5, 5.41) is 8.62. The van der Waals surface area contributed by atoms with Gasteiger partial charge in [0, 0.05) is 18.5 Å². The molecule has 0 fully saturated rings. The van der Waals surface area contributed by atoms with Crippen molar-refractivity contribution in [1.82, 2.24) is 15.1 Å². The number of rotatable bonds is 3. The highest BCUT2D eigenvalue weighted by Crippen LogP contribution is 2.32. The van der Waals surface area contributed by atoms with Gasteiger partial charge in [0.2, 0.25) is 0 Å². The highest BCUT2D eigenvalue weighted by molar-refractivity contribution is 7.21. The number of thiophene rings is 1. The predicted octanol–water partition coefficient (Wildman–Crippen LogP) is 2.39. The number of carbonyl (C=O) groups is 1. The molecule has 0 aromatic carbocycles. The lowest BCUT2D eigenvalue weighted by Crippen LogP contribution is -2.38. The minimum Gasteiger partial charge on any atom is -0.397 e. The summed E-state index contributed by atoms with van der Waals surface area (Å²) in [6.45, 7) is 6.22. The minimum atomic E-state index is -0.0540. The Bertz CT molecular complexity index is 608. The first-order valence-corrected chi connectivity index (χ1v) is 7.02. The lowest BCUT2D eigenvalue weighted by atomic mass is 10.1. The molecule has 6 heteroatoms. The van der Waals surface area contributed by atoms with Gasteiger partial charge in [-0.05, 0) is 18.9 Å². The zero-order valence-corrected chi connectivity index (χ0v) is 12.4. The van der Waals surface area contributed by atoms with Crippen molar-refractivity contribution in [2.75, 3.05) is 12.8 Å². The SMILES string of the molecule is CC(C)C(C)N(C)C(=O)c1sc2nnccc2c1N. The Kier molecular flexibility index (Phi) is 3.71. The summed E-state index contributed by atoms with van der Waals surface area (Å²) in [6, 6.07) is 1.94. The average Bonchev–Trinajstić information content (AvgIpc) is 2.74. The summed E-state index contributed by atoms with van der Waals surface area (Å²) in [6.07, 6.45) is 1.58. The van der Waals surface area contributed by atoms with E-state index >= 15 is 0 Å². The zero-order chi connectivity index (χ0) is 14.2. The molecular formula is C13H18N4OS. The summed E-state index contributed by atoms with van der Waals surface area (Å²) >= 11 is 1.30. The third-order valence-electron chi connectivity index (χ3n) is 3.51. The summed E-state index contributed by atoms with van der Waals surface area (Å²) in [5.41, 5.74) is 6.55. The fourth-order valence-corrected chi connectivity index (χ4v) is 2.84. The molecule has 2 aromatic rings. The van der Waals surface area contributed by atoms with E-state index in [0.717, 1.165) is 5.39 Å². The molecular weight excluding hydrogens is 260 g/mol. The maximum absolute atomic E-state index is 12.5. The first-order chi connectivity index (χ1) is 8.93. The van der Waals surface area contributed by atoms with Gasteiger partial charge in [0.25, 0.3) is 5.91 Å². The Hall–Kier alpha value is -1.69. The second kappa shape index (κ2) is 5.13. The van der Waals surface area contributed by atoms with Crippen molar-refractivity contribution < 1.29 is 4.79 Å². The quantitative estimate of drug-likeness (QED) is 0.935. The standard InChI is InChI=1S/C13H18N4OS/c1-7(2)8(3)17(4)13(18)11-10(14)9-5-6-15-16-12(9)19-11/h5-8H,14H2,1-4H3. The monoisotopic (exact) mass is 278 g/mol. The van der Waals surface area contributed by atoms with Crippen molar-refractivity contribution in [2.45, 2.75) is 26.8 Å². The molecule has 0 radical (unpaired) electrons. The van der Waals surface area contributed by atoms with E-state index in [1.165, 1.54) is 11.3 Å². The van der Waals surface area contributed by atoms with Crippen molar-refractivity contribution in [3.05, 3.63) is 17.1 Å². The first kappa shape index (κ1) is 13.7. The predicted molar refractivity (Wildman–Crippen MR) is 78.2 cm³/mol. The van der Waals surface area contributed by atoms with Gasteiger partial charge in [0.05, 0.1) is 11.9 Å². The molecule has 0 spiro atoms. The summed E-state index contributed by atoms with van der Waals surface area (Å²) in [5.74, 6) is 0.339. The molecule has 2 heterocycles. The summed E-state index contributed by atoms with van der Waals surface area (Å²) in [7, 11) is 1.81. The molecule has 0 saturated heterocycles. The van der Waals surface area contributed by atoms with Crippen LogP contribution in [0.15, 0.2) is 12.3 Å². The van der Waals surface area contributed by atoms with Crippen LogP contribution in [-0.2, 0) is 0 Å². The van der Waals surface area contributed by atoms with Gasteiger partial charge < -0.3 is 10.6 Å². The van der Waals surface area contributed by atoms with Crippen LogP contribution in [0.3, 0.4) is 0 Å². The number of hydrogen-bond donors (Lipinski definition) is 1. The summed E-state index contributed by atoms with van der Waals surface area (Å²) < 4.78 is 0. The normalized spacial score (nSPS) is 12.9. The number of fused-ring (bicyclic) bond motifs is 1. The van der Waals surface area contributed by atoms with Gasteiger partial charge in [-0.2, -0.15) is 5.10 Å². The fourth-order valence-electron chi connectivity index (χ4n) is 1.82. The molecule has 0 aliphatic carbocycles. The van der Waals surface area contributed by atoms with Crippen LogP contribution in [0.5, 0.6) is 0 Å². The number of aromatic nitrogens is 2. The number of nitrogen functional groups attached to an aromatic ring is 1. The van der Waals surface area contributed by atoms with Crippen molar-refractivity contribution in [3.8, 4) is 0 Å². The van der Waals surface area contributed by atoms with E-state index in [1.807, 2.05) is 14.0 Å². The number of nitrogens with zero attached hydrogens (tertiary/aromatic N) is 3. The second-order valence-electron chi connectivity index (χ2n) is 5.00. The molecule has 1 atom stereocenters. The lowest BCUT2D eigenvalue weighted by molar-refractivity contribution is 0.0713. The van der Waals surface area contributed by atoms with Crippen LogP contribution in [0.4, 0.5) is 5.69 Å². The molecule has 0 aliphatic rings. The molecule has 19 heavy (non-hydrogen) atoms. The van der Waals surface area contributed by atoms with Crippen molar-refractivity contribution in [1.29, 1.82) is 0 Å². The third-order valence-corrected chi connectivity index (χ3v) is 4.60. The van der Waals surface area contributed by atoms with Crippen LogP contribution in [0.25, 0.3) is 10.2 Å². The lowest BCUT2D eigenvalue weighted by Gasteiger charge is -2.27.